The molecule has 2 bridgehead atoms. The number of hydrogen-bond donors (Lipinski definition) is 0. The van der Waals surface area contributed by atoms with E-state index < -0.39 is 0 Å². The normalized spacial score (nSPS) is 30.9. The van der Waals surface area contributed by atoms with Crippen molar-refractivity contribution in [3.8, 4) is 5.75 Å². The van der Waals surface area contributed by atoms with Crippen molar-refractivity contribution in [3.05, 3.63) is 53.6 Å². The van der Waals surface area contributed by atoms with Gasteiger partial charge in [0.1, 0.15) is 11.6 Å². The average molecular weight is 378 g/mol. The minimum absolute atomic E-state index is 0.0692. The maximum atomic E-state index is 13.4. The first-order valence-corrected chi connectivity index (χ1v) is 10.1. The van der Waals surface area contributed by atoms with Crippen LogP contribution in [0.3, 0.4) is 0 Å². The molecule has 6 heteroatoms. The fourth-order valence-corrected chi connectivity index (χ4v) is 5.47. The van der Waals surface area contributed by atoms with Crippen LogP contribution in [-0.2, 0) is 0 Å². The van der Waals surface area contributed by atoms with Gasteiger partial charge in [-0.1, -0.05) is 12.1 Å². The van der Waals surface area contributed by atoms with Gasteiger partial charge in [0.15, 0.2) is 0 Å². The number of aromatic nitrogens is 2. The Morgan fingerprint density at radius 2 is 1.75 bits per heavy atom. The molecular weight excluding hydrogens is 352 g/mol. The van der Waals surface area contributed by atoms with E-state index in [9.17, 15) is 4.79 Å². The number of rotatable bonds is 3. The first-order chi connectivity index (χ1) is 13.7. The van der Waals surface area contributed by atoms with Gasteiger partial charge in [0.05, 0.1) is 18.7 Å². The number of benzene rings is 1. The number of piperidine rings is 3. The summed E-state index contributed by atoms with van der Waals surface area (Å²) in [5, 5.41) is 0. The zero-order chi connectivity index (χ0) is 19.3. The van der Waals surface area contributed by atoms with Gasteiger partial charge in [0, 0.05) is 30.9 Å². The van der Waals surface area contributed by atoms with Crippen LogP contribution >= 0.6 is 0 Å². The van der Waals surface area contributed by atoms with Gasteiger partial charge >= 0.3 is 0 Å². The van der Waals surface area contributed by atoms with Crippen LogP contribution in [0.15, 0.2) is 36.7 Å². The molecule has 6 nitrogen and oxygen atoms in total. The third kappa shape index (κ3) is 2.78. The van der Waals surface area contributed by atoms with E-state index in [0.717, 1.165) is 25.4 Å². The van der Waals surface area contributed by atoms with Crippen LogP contribution in [0.4, 0.5) is 0 Å². The van der Waals surface area contributed by atoms with Crippen LogP contribution in [0.1, 0.15) is 40.5 Å². The maximum absolute atomic E-state index is 13.4. The van der Waals surface area contributed by atoms with Crippen molar-refractivity contribution in [2.75, 3.05) is 26.7 Å². The third-order valence-corrected chi connectivity index (χ3v) is 6.83. The zero-order valence-corrected chi connectivity index (χ0v) is 16.4. The van der Waals surface area contributed by atoms with E-state index in [1.54, 1.807) is 19.5 Å². The molecule has 0 spiro atoms. The summed E-state index contributed by atoms with van der Waals surface area (Å²) >= 11 is 0. The lowest BCUT2D eigenvalue weighted by Gasteiger charge is -2.51. The number of fused-ring (bicyclic) bond motifs is 2. The van der Waals surface area contributed by atoms with E-state index in [1.807, 2.05) is 19.1 Å². The van der Waals surface area contributed by atoms with Crippen LogP contribution < -0.4 is 4.74 Å². The number of amides is 1. The molecule has 4 fully saturated rings. The van der Waals surface area contributed by atoms with Crippen molar-refractivity contribution in [2.24, 2.45) is 5.92 Å². The summed E-state index contributed by atoms with van der Waals surface area (Å²) in [4.78, 5) is 26.6. The lowest BCUT2D eigenvalue weighted by atomic mass is 9.75. The molecule has 5 heterocycles. The molecule has 0 aliphatic carbocycles. The van der Waals surface area contributed by atoms with Crippen molar-refractivity contribution >= 4 is 5.91 Å². The molecule has 2 aromatic rings. The second-order valence-corrected chi connectivity index (χ2v) is 8.21. The number of aryl methyl sites for hydroxylation is 1. The van der Waals surface area contributed by atoms with Gasteiger partial charge in [-0.15, -0.1) is 0 Å². The molecule has 146 valence electrons. The number of carbonyl (C=O) groups excluding carboxylic acids is 1. The van der Waals surface area contributed by atoms with Crippen LogP contribution in [0.5, 0.6) is 5.75 Å². The number of carbonyl (C=O) groups is 1. The Hall–Kier alpha value is -2.47. The molecule has 6 rings (SSSR count). The highest BCUT2D eigenvalue weighted by Crippen LogP contribution is 2.47. The van der Waals surface area contributed by atoms with E-state index in [1.165, 1.54) is 18.4 Å². The Kier molecular flexibility index (Phi) is 4.31. The molecule has 1 aromatic carbocycles. The Bertz CT molecular complexity index is 859. The summed E-state index contributed by atoms with van der Waals surface area (Å²) < 4.78 is 5.33. The molecule has 0 N–H and O–H groups in total. The zero-order valence-electron chi connectivity index (χ0n) is 16.4. The van der Waals surface area contributed by atoms with Gasteiger partial charge in [0.25, 0.3) is 5.91 Å². The van der Waals surface area contributed by atoms with Crippen LogP contribution in [0.25, 0.3) is 0 Å². The van der Waals surface area contributed by atoms with E-state index in [0.29, 0.717) is 29.3 Å². The fourth-order valence-electron chi connectivity index (χ4n) is 5.47. The number of nitrogens with zero attached hydrogens (tertiary/aromatic N) is 4. The quantitative estimate of drug-likeness (QED) is 0.821. The summed E-state index contributed by atoms with van der Waals surface area (Å²) in [5.41, 5.74) is 1.88. The van der Waals surface area contributed by atoms with E-state index in [4.69, 9.17) is 4.74 Å². The third-order valence-electron chi connectivity index (χ3n) is 6.83. The van der Waals surface area contributed by atoms with Crippen LogP contribution in [-0.4, -0.2) is 64.5 Å². The highest BCUT2D eigenvalue weighted by molar-refractivity contribution is 5.94. The summed E-state index contributed by atoms with van der Waals surface area (Å²) in [7, 11) is 1.69. The molecule has 4 aliphatic heterocycles. The fraction of sp³-hybridized carbons (Fsp3) is 0.500. The van der Waals surface area contributed by atoms with E-state index >= 15 is 0 Å². The second kappa shape index (κ2) is 6.85. The first kappa shape index (κ1) is 17.6. The minimum Gasteiger partial charge on any atom is -0.497 e. The van der Waals surface area contributed by atoms with Gasteiger partial charge < -0.3 is 9.64 Å². The SMILES string of the molecule is COc1ccc([C@H]2CN(C(=O)c3cnc(C)nc3)[C@H]3C4CCN(CC4)[C@@H]23)cc1. The predicted octanol–water partition coefficient (Wildman–Crippen LogP) is 2.50. The largest absolute Gasteiger partial charge is 0.497 e. The van der Waals surface area contributed by atoms with Crippen molar-refractivity contribution in [1.29, 1.82) is 0 Å². The van der Waals surface area contributed by atoms with Gasteiger partial charge in [0.2, 0.25) is 0 Å². The standard InChI is InChI=1S/C22H26N4O2/c1-14-23-11-17(12-24-14)22(27)26-13-19(15-3-5-18(28-2)6-4-15)21-20(26)16-7-9-25(21)10-8-16/h3-6,11-12,16,19-21H,7-10,13H2,1-2H3/t19-,20+,21+/m1/s1. The molecule has 4 saturated heterocycles. The van der Waals surface area contributed by atoms with Crippen molar-refractivity contribution in [3.63, 3.8) is 0 Å². The summed E-state index contributed by atoms with van der Waals surface area (Å²) in [6.07, 6.45) is 5.71. The highest BCUT2D eigenvalue weighted by Gasteiger charge is 2.54. The first-order valence-electron chi connectivity index (χ1n) is 10.1. The summed E-state index contributed by atoms with van der Waals surface area (Å²) in [6.45, 7) is 4.89. The Morgan fingerprint density at radius 1 is 1.07 bits per heavy atom. The van der Waals surface area contributed by atoms with Gasteiger partial charge in [-0.25, -0.2) is 9.97 Å². The van der Waals surface area contributed by atoms with Gasteiger partial charge in [-0.2, -0.15) is 0 Å². The van der Waals surface area contributed by atoms with Crippen molar-refractivity contribution in [2.45, 2.75) is 37.8 Å². The Balaban J connectivity index is 1.49. The Morgan fingerprint density at radius 3 is 2.39 bits per heavy atom. The number of ether oxygens (including phenoxy) is 1. The second-order valence-electron chi connectivity index (χ2n) is 8.21. The monoisotopic (exact) mass is 378 g/mol. The number of likely N-dealkylation sites (tertiary alicyclic amines) is 1. The highest BCUT2D eigenvalue weighted by atomic mass is 16.5. The molecule has 1 amide bonds. The van der Waals surface area contributed by atoms with E-state index in [-0.39, 0.29) is 11.9 Å². The predicted molar refractivity (Wildman–Crippen MR) is 105 cm³/mol. The minimum atomic E-state index is 0.0692. The summed E-state index contributed by atoms with van der Waals surface area (Å²) in [5.74, 6) is 2.55. The number of hydrogen-bond acceptors (Lipinski definition) is 5. The lowest BCUT2D eigenvalue weighted by Crippen LogP contribution is -2.60. The van der Waals surface area contributed by atoms with Crippen molar-refractivity contribution in [1.82, 2.24) is 19.8 Å². The lowest BCUT2D eigenvalue weighted by molar-refractivity contribution is -0.00343. The molecule has 3 atom stereocenters. The molecule has 0 saturated carbocycles. The molecule has 0 unspecified atom stereocenters. The van der Waals surface area contributed by atoms with Crippen LogP contribution in [0, 0.1) is 12.8 Å². The maximum Gasteiger partial charge on any atom is 0.257 e. The average Bonchev–Trinajstić information content (AvgIpc) is 3.17. The van der Waals surface area contributed by atoms with Gasteiger partial charge in [-0.05, 0) is 56.5 Å². The molecule has 28 heavy (non-hydrogen) atoms. The summed E-state index contributed by atoms with van der Waals surface area (Å²) in [6, 6.07) is 9.05. The topological polar surface area (TPSA) is 58.6 Å². The van der Waals surface area contributed by atoms with Crippen LogP contribution in [0.2, 0.25) is 0 Å². The smallest absolute Gasteiger partial charge is 0.257 e. The Labute approximate surface area is 165 Å². The molecular formula is C22H26N4O2. The number of methoxy groups -OCH3 is 1. The van der Waals surface area contributed by atoms with E-state index in [2.05, 4.69) is 31.9 Å². The van der Waals surface area contributed by atoms with Gasteiger partial charge in [-0.3, -0.25) is 9.69 Å². The molecule has 1 aromatic heterocycles. The van der Waals surface area contributed by atoms with Crippen molar-refractivity contribution < 1.29 is 9.53 Å². The molecule has 4 aliphatic rings. The molecule has 0 radical (unpaired) electrons.